The van der Waals surface area contributed by atoms with Crippen LogP contribution in [0.3, 0.4) is 0 Å². The van der Waals surface area contributed by atoms with Gasteiger partial charge in [-0.3, -0.25) is 4.79 Å². The van der Waals surface area contributed by atoms with Gasteiger partial charge in [-0.2, -0.15) is 0 Å². The molecule has 1 aliphatic carbocycles. The van der Waals surface area contributed by atoms with Crippen molar-refractivity contribution in [2.24, 2.45) is 0 Å². The molecule has 1 aromatic rings. The third-order valence-corrected chi connectivity index (χ3v) is 3.08. The van der Waals surface area contributed by atoms with Crippen molar-refractivity contribution in [3.05, 3.63) is 23.7 Å². The van der Waals surface area contributed by atoms with E-state index in [0.29, 0.717) is 5.76 Å². The first-order valence-electron chi connectivity index (χ1n) is 6.32. The summed E-state index contributed by atoms with van der Waals surface area (Å²) in [7, 11) is 0. The van der Waals surface area contributed by atoms with Gasteiger partial charge in [0.15, 0.2) is 0 Å². The average Bonchev–Trinajstić information content (AvgIpc) is 3.07. The summed E-state index contributed by atoms with van der Waals surface area (Å²) < 4.78 is 5.43. The fraction of sp³-hybridized carbons (Fsp3) is 0.538. The van der Waals surface area contributed by atoms with Crippen LogP contribution >= 0.6 is 0 Å². The van der Waals surface area contributed by atoms with Gasteiger partial charge in [0, 0.05) is 6.04 Å². The molecule has 1 unspecified atom stereocenters. The molecule has 1 aromatic heterocycles. The molecule has 1 saturated carbocycles. The molecule has 2 rings (SSSR count). The number of aliphatic carboxylic acids is 1. The first-order chi connectivity index (χ1) is 8.97. The molecular formula is C13H18N2O4. The van der Waals surface area contributed by atoms with Crippen molar-refractivity contribution in [3.8, 4) is 0 Å². The Balaban J connectivity index is 1.96. The van der Waals surface area contributed by atoms with Crippen LogP contribution in [0.5, 0.6) is 0 Å². The monoisotopic (exact) mass is 266 g/mol. The molecular weight excluding hydrogens is 248 g/mol. The molecule has 2 N–H and O–H groups in total. The first-order valence-corrected chi connectivity index (χ1v) is 6.32. The van der Waals surface area contributed by atoms with E-state index in [1.807, 2.05) is 19.9 Å². The third-order valence-electron chi connectivity index (χ3n) is 3.08. The topological polar surface area (TPSA) is 82.8 Å². The fourth-order valence-electron chi connectivity index (χ4n) is 1.92. The number of aryl methyl sites for hydroxylation is 1. The summed E-state index contributed by atoms with van der Waals surface area (Å²) in [5.41, 5.74) is 0. The third kappa shape index (κ3) is 3.49. The van der Waals surface area contributed by atoms with Crippen LogP contribution in [0.25, 0.3) is 0 Å². The first kappa shape index (κ1) is 13.5. The number of rotatable bonds is 5. The van der Waals surface area contributed by atoms with Gasteiger partial charge >= 0.3 is 12.0 Å². The highest BCUT2D eigenvalue weighted by Crippen LogP contribution is 2.27. The summed E-state index contributed by atoms with van der Waals surface area (Å²) >= 11 is 0. The molecule has 6 nitrogen and oxygen atoms in total. The summed E-state index contributed by atoms with van der Waals surface area (Å²) in [6.07, 6.45) is 1.74. The number of hydrogen-bond donors (Lipinski definition) is 2. The molecule has 1 heterocycles. The SMILES string of the molecule is Cc1ccc(C(C)NC(=O)N(CC(=O)O)C2CC2)o1. The van der Waals surface area contributed by atoms with E-state index in [9.17, 15) is 9.59 Å². The van der Waals surface area contributed by atoms with Gasteiger partial charge in [0.1, 0.15) is 18.1 Å². The van der Waals surface area contributed by atoms with E-state index < -0.39 is 5.97 Å². The van der Waals surface area contributed by atoms with Crippen molar-refractivity contribution >= 4 is 12.0 Å². The molecule has 2 amide bonds. The van der Waals surface area contributed by atoms with E-state index in [-0.39, 0.29) is 24.7 Å². The molecule has 1 fully saturated rings. The maximum Gasteiger partial charge on any atom is 0.323 e. The average molecular weight is 266 g/mol. The van der Waals surface area contributed by atoms with Crippen molar-refractivity contribution < 1.29 is 19.1 Å². The zero-order valence-corrected chi connectivity index (χ0v) is 11.0. The predicted molar refractivity (Wildman–Crippen MR) is 67.8 cm³/mol. The van der Waals surface area contributed by atoms with Crippen LogP contribution < -0.4 is 5.32 Å². The lowest BCUT2D eigenvalue weighted by Crippen LogP contribution is -2.44. The van der Waals surface area contributed by atoms with Gasteiger partial charge in [-0.1, -0.05) is 0 Å². The van der Waals surface area contributed by atoms with E-state index in [4.69, 9.17) is 9.52 Å². The van der Waals surface area contributed by atoms with Crippen molar-refractivity contribution in [1.29, 1.82) is 0 Å². The summed E-state index contributed by atoms with van der Waals surface area (Å²) in [4.78, 5) is 24.2. The Morgan fingerprint density at radius 1 is 1.53 bits per heavy atom. The van der Waals surface area contributed by atoms with E-state index in [2.05, 4.69) is 5.32 Å². The minimum Gasteiger partial charge on any atom is -0.480 e. The van der Waals surface area contributed by atoms with Crippen LogP contribution in [-0.2, 0) is 4.79 Å². The van der Waals surface area contributed by atoms with Crippen molar-refractivity contribution in [2.45, 2.75) is 38.8 Å². The van der Waals surface area contributed by atoms with Crippen LogP contribution in [0.4, 0.5) is 4.79 Å². The second kappa shape index (κ2) is 5.34. The normalized spacial score (nSPS) is 15.9. The van der Waals surface area contributed by atoms with E-state index in [0.717, 1.165) is 18.6 Å². The minimum atomic E-state index is -0.997. The van der Waals surface area contributed by atoms with Gasteiger partial charge in [0.05, 0.1) is 6.04 Å². The molecule has 6 heteroatoms. The number of urea groups is 1. The molecule has 1 atom stereocenters. The number of carbonyl (C=O) groups excluding carboxylic acids is 1. The lowest BCUT2D eigenvalue weighted by molar-refractivity contribution is -0.137. The van der Waals surface area contributed by atoms with Gasteiger partial charge in [-0.05, 0) is 38.8 Å². The Hall–Kier alpha value is -1.98. The molecule has 0 aromatic carbocycles. The van der Waals surface area contributed by atoms with Gasteiger partial charge in [-0.15, -0.1) is 0 Å². The summed E-state index contributed by atoms with van der Waals surface area (Å²) in [5, 5.41) is 11.6. The van der Waals surface area contributed by atoms with Gasteiger partial charge in [-0.25, -0.2) is 4.79 Å². The predicted octanol–water partition coefficient (Wildman–Crippen LogP) is 1.91. The summed E-state index contributed by atoms with van der Waals surface area (Å²) in [6, 6.07) is 3.05. The number of nitrogens with one attached hydrogen (secondary N) is 1. The molecule has 0 spiro atoms. The van der Waals surface area contributed by atoms with Crippen LogP contribution in [0.15, 0.2) is 16.5 Å². The highest BCUT2D eigenvalue weighted by atomic mass is 16.4. The Labute approximate surface area is 111 Å². The van der Waals surface area contributed by atoms with E-state index >= 15 is 0 Å². The molecule has 1 aliphatic rings. The van der Waals surface area contributed by atoms with Gasteiger partial charge in [0.25, 0.3) is 0 Å². The number of carboxylic acids is 1. The van der Waals surface area contributed by atoms with Gasteiger partial charge in [0.2, 0.25) is 0 Å². The smallest absolute Gasteiger partial charge is 0.323 e. The standard InChI is InChI=1S/C13H18N2O4/c1-8-3-6-11(19-8)9(2)14-13(18)15(7-12(16)17)10-4-5-10/h3,6,9-10H,4-5,7H2,1-2H3,(H,14,18)(H,16,17). The minimum absolute atomic E-state index is 0.0571. The molecule has 19 heavy (non-hydrogen) atoms. The van der Waals surface area contributed by atoms with Crippen molar-refractivity contribution in [1.82, 2.24) is 10.2 Å². The largest absolute Gasteiger partial charge is 0.480 e. The van der Waals surface area contributed by atoms with Crippen LogP contribution in [0.1, 0.15) is 37.3 Å². The summed E-state index contributed by atoms with van der Waals surface area (Å²) in [6.45, 7) is 3.38. The lowest BCUT2D eigenvalue weighted by atomic mass is 10.2. The van der Waals surface area contributed by atoms with E-state index in [1.54, 1.807) is 6.07 Å². The highest BCUT2D eigenvalue weighted by Gasteiger charge is 2.34. The Bertz CT molecular complexity index is 479. The molecule has 0 aliphatic heterocycles. The number of carbonyl (C=O) groups is 2. The zero-order valence-electron chi connectivity index (χ0n) is 11.0. The number of amides is 2. The Morgan fingerprint density at radius 3 is 2.68 bits per heavy atom. The quantitative estimate of drug-likeness (QED) is 0.852. The zero-order chi connectivity index (χ0) is 14.0. The highest BCUT2D eigenvalue weighted by molar-refractivity contribution is 5.80. The maximum atomic E-state index is 12.1. The number of hydrogen-bond acceptors (Lipinski definition) is 3. The molecule has 0 bridgehead atoms. The summed E-state index contributed by atoms with van der Waals surface area (Å²) in [5.74, 6) is 0.446. The Morgan fingerprint density at radius 2 is 2.21 bits per heavy atom. The fourth-order valence-corrected chi connectivity index (χ4v) is 1.92. The number of nitrogens with zero attached hydrogens (tertiary/aromatic N) is 1. The van der Waals surface area contributed by atoms with Crippen LogP contribution in [0, 0.1) is 6.92 Å². The lowest BCUT2D eigenvalue weighted by Gasteiger charge is -2.22. The maximum absolute atomic E-state index is 12.1. The molecule has 104 valence electrons. The number of furan rings is 1. The second-order valence-electron chi connectivity index (χ2n) is 4.87. The molecule has 0 radical (unpaired) electrons. The van der Waals surface area contributed by atoms with Crippen molar-refractivity contribution in [3.63, 3.8) is 0 Å². The van der Waals surface area contributed by atoms with E-state index in [1.165, 1.54) is 4.90 Å². The second-order valence-corrected chi connectivity index (χ2v) is 4.87. The van der Waals surface area contributed by atoms with Crippen LogP contribution in [0.2, 0.25) is 0 Å². The van der Waals surface area contributed by atoms with Crippen molar-refractivity contribution in [2.75, 3.05) is 6.54 Å². The van der Waals surface area contributed by atoms with Gasteiger partial charge < -0.3 is 19.7 Å². The van der Waals surface area contributed by atoms with Crippen LogP contribution in [-0.4, -0.2) is 34.6 Å². The molecule has 0 saturated heterocycles. The number of carboxylic acid groups (broad SMARTS) is 1. The Kier molecular flexibility index (Phi) is 3.78.